The fourth-order valence-electron chi connectivity index (χ4n) is 1.42. The Morgan fingerprint density at radius 1 is 1.41 bits per heavy atom. The van der Waals surface area contributed by atoms with Crippen molar-refractivity contribution in [3.63, 3.8) is 0 Å². The number of unbranched alkanes of at least 4 members (excludes halogenated alkanes) is 1. The average molecular weight is 232 g/mol. The minimum atomic E-state index is -0.588. The van der Waals surface area contributed by atoms with Crippen molar-refractivity contribution in [1.82, 2.24) is 0 Å². The molecule has 0 heterocycles. The fraction of sp³-hybridized carbons (Fsp3) is 0.385. The highest BCUT2D eigenvalue weighted by Gasteiger charge is 2.25. The van der Waals surface area contributed by atoms with Crippen LogP contribution in [-0.4, -0.2) is 23.1 Å². The topological polar surface area (TPSA) is 62.7 Å². The van der Waals surface area contributed by atoms with Gasteiger partial charge in [0.05, 0.1) is 12.2 Å². The van der Waals surface area contributed by atoms with Gasteiger partial charge in [0, 0.05) is 0 Å². The van der Waals surface area contributed by atoms with Crippen LogP contribution in [0.15, 0.2) is 24.3 Å². The third-order valence-electron chi connectivity index (χ3n) is 2.42. The van der Waals surface area contributed by atoms with Crippen LogP contribution in [0.1, 0.15) is 30.9 Å². The minimum Gasteiger partial charge on any atom is -0.457 e. The van der Waals surface area contributed by atoms with Crippen molar-refractivity contribution in [1.29, 1.82) is 0 Å². The Morgan fingerprint density at radius 3 is 2.71 bits per heavy atom. The van der Waals surface area contributed by atoms with E-state index < -0.39 is 5.97 Å². The molecule has 0 radical (unpaired) electrons. The van der Waals surface area contributed by atoms with E-state index in [2.05, 4.69) is 4.79 Å². The number of aryl methyl sites for hydroxylation is 1. The first-order valence-corrected chi connectivity index (χ1v) is 5.65. The summed E-state index contributed by atoms with van der Waals surface area (Å²) in [5.41, 5.74) is 10.3. The lowest BCUT2D eigenvalue weighted by Gasteiger charge is -2.02. The number of hydrogen-bond donors (Lipinski definition) is 0. The molecule has 0 saturated heterocycles. The van der Waals surface area contributed by atoms with Crippen LogP contribution in [0.4, 0.5) is 0 Å². The van der Waals surface area contributed by atoms with Gasteiger partial charge in [0.2, 0.25) is 0 Å². The number of rotatable bonds is 5. The van der Waals surface area contributed by atoms with Gasteiger partial charge in [0.15, 0.2) is 0 Å². The van der Waals surface area contributed by atoms with E-state index >= 15 is 0 Å². The molecular formula is C13H16N2O2. The summed E-state index contributed by atoms with van der Waals surface area (Å²) in [6.07, 6.45) is 1.75. The van der Waals surface area contributed by atoms with Crippen LogP contribution < -0.4 is 0 Å². The lowest BCUT2D eigenvalue weighted by Crippen LogP contribution is -2.21. The Morgan fingerprint density at radius 2 is 2.12 bits per heavy atom. The second kappa shape index (κ2) is 6.61. The summed E-state index contributed by atoms with van der Waals surface area (Å²) < 4.78 is 5.02. The zero-order valence-electron chi connectivity index (χ0n) is 10.1. The molecule has 0 aliphatic carbocycles. The first kappa shape index (κ1) is 13.1. The second-order valence-corrected chi connectivity index (χ2v) is 3.75. The van der Waals surface area contributed by atoms with Crippen molar-refractivity contribution in [2.24, 2.45) is 0 Å². The Kier molecular flexibility index (Phi) is 5.11. The SMILES string of the molecule is CCCCOC(=O)C(=[N+]=[N-])c1ccccc1C. The van der Waals surface area contributed by atoms with Gasteiger partial charge in [-0.1, -0.05) is 31.5 Å². The highest BCUT2D eigenvalue weighted by atomic mass is 16.5. The van der Waals surface area contributed by atoms with Crippen molar-refractivity contribution in [3.05, 3.63) is 40.9 Å². The molecule has 4 nitrogen and oxygen atoms in total. The van der Waals surface area contributed by atoms with Crippen LogP contribution in [0.3, 0.4) is 0 Å². The summed E-state index contributed by atoms with van der Waals surface area (Å²) in [6.45, 7) is 4.20. The summed E-state index contributed by atoms with van der Waals surface area (Å²) in [6, 6.07) is 7.22. The number of carbonyl (C=O) groups is 1. The van der Waals surface area contributed by atoms with Crippen LogP contribution in [0.2, 0.25) is 0 Å². The number of ether oxygens (including phenoxy) is 1. The fourth-order valence-corrected chi connectivity index (χ4v) is 1.42. The molecule has 1 rings (SSSR count). The Balaban J connectivity index is 2.83. The smallest absolute Gasteiger partial charge is 0.422 e. The molecule has 0 spiro atoms. The van der Waals surface area contributed by atoms with Gasteiger partial charge in [-0.3, -0.25) is 0 Å². The van der Waals surface area contributed by atoms with E-state index in [1.807, 2.05) is 26.0 Å². The summed E-state index contributed by atoms with van der Waals surface area (Å²) in [7, 11) is 0. The van der Waals surface area contributed by atoms with Gasteiger partial charge >= 0.3 is 11.7 Å². The molecule has 0 fully saturated rings. The summed E-state index contributed by atoms with van der Waals surface area (Å²) >= 11 is 0. The molecule has 0 aliphatic heterocycles. The minimum absolute atomic E-state index is 0.0424. The van der Waals surface area contributed by atoms with Gasteiger partial charge in [0.1, 0.15) is 0 Å². The predicted molar refractivity (Wildman–Crippen MR) is 64.8 cm³/mol. The monoisotopic (exact) mass is 232 g/mol. The Labute approximate surface area is 101 Å². The molecule has 1 aromatic carbocycles. The molecule has 17 heavy (non-hydrogen) atoms. The average Bonchev–Trinajstić information content (AvgIpc) is 2.33. The lowest BCUT2D eigenvalue weighted by atomic mass is 10.0. The van der Waals surface area contributed by atoms with Gasteiger partial charge in [0.25, 0.3) is 0 Å². The van der Waals surface area contributed by atoms with E-state index in [1.165, 1.54) is 0 Å². The maximum absolute atomic E-state index is 11.7. The zero-order valence-corrected chi connectivity index (χ0v) is 10.1. The van der Waals surface area contributed by atoms with Crippen LogP contribution in [0.5, 0.6) is 0 Å². The number of carbonyl (C=O) groups excluding carboxylic acids is 1. The molecule has 4 heteroatoms. The Bertz CT molecular complexity index is 448. The summed E-state index contributed by atoms with van der Waals surface area (Å²) in [5, 5.41) is 0. The van der Waals surface area contributed by atoms with Gasteiger partial charge in [-0.25, -0.2) is 4.79 Å². The van der Waals surface area contributed by atoms with Crippen LogP contribution >= 0.6 is 0 Å². The molecule has 0 atom stereocenters. The molecular weight excluding hydrogens is 216 g/mol. The summed E-state index contributed by atoms with van der Waals surface area (Å²) in [5.74, 6) is -0.588. The number of benzene rings is 1. The van der Waals surface area contributed by atoms with Crippen LogP contribution in [0.25, 0.3) is 5.53 Å². The molecule has 0 aliphatic rings. The van der Waals surface area contributed by atoms with Crippen molar-refractivity contribution in [3.8, 4) is 0 Å². The maximum Gasteiger partial charge on any atom is 0.422 e. The summed E-state index contributed by atoms with van der Waals surface area (Å²) in [4.78, 5) is 14.7. The molecule has 0 bridgehead atoms. The largest absolute Gasteiger partial charge is 0.457 e. The van der Waals surface area contributed by atoms with Crippen molar-refractivity contribution in [2.75, 3.05) is 6.61 Å². The van der Waals surface area contributed by atoms with E-state index in [-0.39, 0.29) is 5.71 Å². The van der Waals surface area contributed by atoms with Gasteiger partial charge in [-0.15, -0.1) is 0 Å². The van der Waals surface area contributed by atoms with Gasteiger partial charge < -0.3 is 10.3 Å². The van der Waals surface area contributed by atoms with Crippen molar-refractivity contribution >= 4 is 11.7 Å². The van der Waals surface area contributed by atoms with E-state index in [4.69, 9.17) is 10.3 Å². The number of hydrogen-bond acceptors (Lipinski definition) is 2. The first-order chi connectivity index (χ1) is 8.20. The van der Waals surface area contributed by atoms with Gasteiger partial charge in [-0.2, -0.15) is 4.79 Å². The predicted octanol–water partition coefficient (Wildman–Crippen LogP) is 2.36. The number of esters is 1. The zero-order chi connectivity index (χ0) is 12.7. The highest BCUT2D eigenvalue weighted by molar-refractivity contribution is 6.41. The standard InChI is InChI=1S/C13H16N2O2/c1-3-4-9-17-13(16)12(15-14)11-8-6-5-7-10(11)2/h5-8H,3-4,9H2,1-2H3. The molecule has 0 unspecified atom stereocenters. The van der Waals surface area contributed by atoms with E-state index in [0.29, 0.717) is 12.2 Å². The molecule has 90 valence electrons. The number of nitrogens with zero attached hydrogens (tertiary/aromatic N) is 2. The molecule has 0 N–H and O–H groups in total. The van der Waals surface area contributed by atoms with E-state index in [0.717, 1.165) is 18.4 Å². The normalized spacial score (nSPS) is 9.53. The van der Waals surface area contributed by atoms with Crippen molar-refractivity contribution < 1.29 is 14.3 Å². The van der Waals surface area contributed by atoms with Gasteiger partial charge in [-0.05, 0) is 25.0 Å². The maximum atomic E-state index is 11.7. The Hall–Kier alpha value is -1.93. The van der Waals surface area contributed by atoms with Crippen molar-refractivity contribution in [2.45, 2.75) is 26.7 Å². The van der Waals surface area contributed by atoms with E-state index in [1.54, 1.807) is 12.1 Å². The molecule has 0 saturated carbocycles. The molecule has 0 aromatic heterocycles. The highest BCUT2D eigenvalue weighted by Crippen LogP contribution is 2.08. The quantitative estimate of drug-likeness (QED) is 0.257. The third kappa shape index (κ3) is 3.54. The first-order valence-electron chi connectivity index (χ1n) is 5.65. The van der Waals surface area contributed by atoms with E-state index in [9.17, 15) is 4.79 Å². The third-order valence-corrected chi connectivity index (χ3v) is 2.42. The molecule has 1 aromatic rings. The van der Waals surface area contributed by atoms with Crippen LogP contribution in [0, 0.1) is 6.92 Å². The molecule has 0 amide bonds. The van der Waals surface area contributed by atoms with Crippen LogP contribution in [-0.2, 0) is 9.53 Å². The lowest BCUT2D eigenvalue weighted by molar-refractivity contribution is -0.140. The second-order valence-electron chi connectivity index (χ2n) is 3.75.